The van der Waals surface area contributed by atoms with Crippen molar-refractivity contribution in [3.05, 3.63) is 89.5 Å². The van der Waals surface area contributed by atoms with E-state index in [2.05, 4.69) is 25.2 Å². The van der Waals surface area contributed by atoms with E-state index in [0.29, 0.717) is 28.7 Å². The third-order valence-electron chi connectivity index (χ3n) is 5.49. The average Bonchev–Trinajstić information content (AvgIpc) is 3.20. The smallest absolute Gasteiger partial charge is 0.259 e. The monoisotopic (exact) mass is 446 g/mol. The van der Waals surface area contributed by atoms with Gasteiger partial charge < -0.3 is 10.1 Å². The van der Waals surface area contributed by atoms with Crippen LogP contribution in [0.1, 0.15) is 46.6 Å². The van der Waals surface area contributed by atoms with Crippen LogP contribution in [0.25, 0.3) is 0 Å². The summed E-state index contributed by atoms with van der Waals surface area (Å²) in [5.74, 6) is 1.18. The van der Waals surface area contributed by atoms with E-state index in [4.69, 9.17) is 4.74 Å². The number of hydrogen-bond donors (Lipinski definition) is 1. The molecule has 0 radical (unpaired) electrons. The standard InChI is InChI=1S/C26H26N2O3S/c1-17(2)20-8-4-6-10-22(20)28-24(29)16-32-26(28)18-12-14-19(15-13-18)27-25(30)21-9-5-7-11-23(21)31-3/h4-15,17,26H,16H2,1-3H3,(H,27,30). The second-order valence-corrected chi connectivity index (χ2v) is 8.99. The van der Waals surface area contributed by atoms with Crippen molar-refractivity contribution in [1.29, 1.82) is 0 Å². The van der Waals surface area contributed by atoms with Crippen molar-refractivity contribution in [2.75, 3.05) is 23.1 Å². The predicted octanol–water partition coefficient (Wildman–Crippen LogP) is 5.85. The van der Waals surface area contributed by atoms with Gasteiger partial charge in [0, 0.05) is 11.4 Å². The van der Waals surface area contributed by atoms with Crippen molar-refractivity contribution >= 4 is 35.0 Å². The molecule has 32 heavy (non-hydrogen) atoms. The third kappa shape index (κ3) is 4.36. The maximum atomic E-state index is 12.8. The molecule has 1 saturated heterocycles. The molecule has 6 heteroatoms. The Morgan fingerprint density at radius 2 is 1.72 bits per heavy atom. The van der Waals surface area contributed by atoms with Crippen molar-refractivity contribution in [2.24, 2.45) is 0 Å². The lowest BCUT2D eigenvalue weighted by Crippen LogP contribution is -2.29. The number of carbonyl (C=O) groups is 2. The van der Waals surface area contributed by atoms with Gasteiger partial charge in [0.05, 0.1) is 18.4 Å². The zero-order chi connectivity index (χ0) is 22.7. The van der Waals surface area contributed by atoms with Gasteiger partial charge >= 0.3 is 0 Å². The molecule has 1 fully saturated rings. The zero-order valence-electron chi connectivity index (χ0n) is 18.4. The van der Waals surface area contributed by atoms with Gasteiger partial charge in [0.2, 0.25) is 5.91 Å². The molecule has 4 rings (SSSR count). The van der Waals surface area contributed by atoms with Crippen LogP contribution >= 0.6 is 11.8 Å². The fraction of sp³-hybridized carbons (Fsp3) is 0.231. The van der Waals surface area contributed by atoms with Crippen LogP contribution < -0.4 is 15.0 Å². The molecule has 1 atom stereocenters. The lowest BCUT2D eigenvalue weighted by Gasteiger charge is -2.27. The van der Waals surface area contributed by atoms with E-state index in [1.807, 2.05) is 53.4 Å². The summed E-state index contributed by atoms with van der Waals surface area (Å²) >= 11 is 1.62. The second-order valence-electron chi connectivity index (χ2n) is 7.92. The molecule has 5 nitrogen and oxygen atoms in total. The molecule has 0 spiro atoms. The minimum absolute atomic E-state index is 0.0960. The summed E-state index contributed by atoms with van der Waals surface area (Å²) < 4.78 is 5.28. The van der Waals surface area contributed by atoms with Crippen LogP contribution in [0.15, 0.2) is 72.8 Å². The Kier molecular flexibility index (Phi) is 6.51. The Morgan fingerprint density at radius 1 is 1.03 bits per heavy atom. The van der Waals surface area contributed by atoms with Crippen LogP contribution in [-0.4, -0.2) is 24.7 Å². The van der Waals surface area contributed by atoms with Gasteiger partial charge in [0.1, 0.15) is 11.1 Å². The molecule has 0 aromatic heterocycles. The molecule has 0 saturated carbocycles. The minimum atomic E-state index is -0.229. The highest BCUT2D eigenvalue weighted by Gasteiger charge is 2.35. The van der Waals surface area contributed by atoms with Crippen LogP contribution in [0, 0.1) is 0 Å². The fourth-order valence-electron chi connectivity index (χ4n) is 3.89. The second kappa shape index (κ2) is 9.49. The minimum Gasteiger partial charge on any atom is -0.496 e. The van der Waals surface area contributed by atoms with Gasteiger partial charge in [-0.15, -0.1) is 11.8 Å². The van der Waals surface area contributed by atoms with E-state index in [1.54, 1.807) is 37.1 Å². The summed E-state index contributed by atoms with van der Waals surface area (Å²) in [4.78, 5) is 27.4. The lowest BCUT2D eigenvalue weighted by molar-refractivity contribution is -0.115. The Hall–Kier alpha value is -3.25. The maximum absolute atomic E-state index is 12.8. The third-order valence-corrected chi connectivity index (χ3v) is 6.70. The number of anilines is 2. The van der Waals surface area contributed by atoms with Crippen molar-refractivity contribution < 1.29 is 14.3 Å². The molecule has 1 unspecified atom stereocenters. The lowest BCUT2D eigenvalue weighted by atomic mass is 10.00. The Morgan fingerprint density at radius 3 is 2.44 bits per heavy atom. The van der Waals surface area contributed by atoms with Crippen molar-refractivity contribution in [2.45, 2.75) is 25.1 Å². The number of nitrogens with one attached hydrogen (secondary N) is 1. The largest absolute Gasteiger partial charge is 0.496 e. The van der Waals surface area contributed by atoms with Gasteiger partial charge in [-0.3, -0.25) is 14.5 Å². The maximum Gasteiger partial charge on any atom is 0.259 e. The first-order chi connectivity index (χ1) is 15.5. The quantitative estimate of drug-likeness (QED) is 0.516. The SMILES string of the molecule is COc1ccccc1C(=O)Nc1ccc(C2SCC(=O)N2c2ccccc2C(C)C)cc1. The number of methoxy groups -OCH3 is 1. The highest BCUT2D eigenvalue weighted by atomic mass is 32.2. The van der Waals surface area contributed by atoms with E-state index in [-0.39, 0.29) is 17.2 Å². The normalized spacial score (nSPS) is 15.8. The van der Waals surface area contributed by atoms with E-state index < -0.39 is 0 Å². The van der Waals surface area contributed by atoms with Gasteiger partial charge in [-0.1, -0.05) is 56.3 Å². The summed E-state index contributed by atoms with van der Waals surface area (Å²) in [5, 5.41) is 2.82. The molecule has 2 amide bonds. The zero-order valence-corrected chi connectivity index (χ0v) is 19.2. The van der Waals surface area contributed by atoms with Gasteiger partial charge in [0.15, 0.2) is 0 Å². The number of amides is 2. The highest BCUT2D eigenvalue weighted by Crippen LogP contribution is 2.44. The number of rotatable bonds is 6. The average molecular weight is 447 g/mol. The molecular formula is C26H26N2O3S. The van der Waals surface area contributed by atoms with Crippen LogP contribution in [0.5, 0.6) is 5.75 Å². The molecule has 1 N–H and O–H groups in total. The summed E-state index contributed by atoms with van der Waals surface area (Å²) in [5.41, 5.74) is 4.32. The number of benzene rings is 3. The van der Waals surface area contributed by atoms with E-state index >= 15 is 0 Å². The molecule has 0 bridgehead atoms. The van der Waals surface area contributed by atoms with Gasteiger partial charge in [-0.05, 0) is 47.4 Å². The summed E-state index contributed by atoms with van der Waals surface area (Å²) in [6.07, 6.45) is 0. The molecule has 3 aromatic carbocycles. The van der Waals surface area contributed by atoms with Crippen LogP contribution in [0.2, 0.25) is 0 Å². The Balaban J connectivity index is 1.56. The van der Waals surface area contributed by atoms with Gasteiger partial charge in [-0.25, -0.2) is 0 Å². The number of carbonyl (C=O) groups excluding carboxylic acids is 2. The van der Waals surface area contributed by atoms with E-state index in [9.17, 15) is 9.59 Å². The topological polar surface area (TPSA) is 58.6 Å². The fourth-order valence-corrected chi connectivity index (χ4v) is 5.06. The summed E-state index contributed by atoms with van der Waals surface area (Å²) in [7, 11) is 1.55. The number of thioether (sulfide) groups is 1. The molecule has 1 aliphatic heterocycles. The number of nitrogens with zero attached hydrogens (tertiary/aromatic N) is 1. The summed E-state index contributed by atoms with van der Waals surface area (Å²) in [6.45, 7) is 4.28. The van der Waals surface area contributed by atoms with Crippen molar-refractivity contribution in [3.8, 4) is 5.75 Å². The highest BCUT2D eigenvalue weighted by molar-refractivity contribution is 8.00. The molecular weight excluding hydrogens is 420 g/mol. The predicted molar refractivity (Wildman–Crippen MR) is 131 cm³/mol. The molecule has 164 valence electrons. The first-order valence-corrected chi connectivity index (χ1v) is 11.6. The van der Waals surface area contributed by atoms with Crippen LogP contribution in [0.4, 0.5) is 11.4 Å². The van der Waals surface area contributed by atoms with E-state index in [1.165, 1.54) is 0 Å². The molecule has 1 heterocycles. The molecule has 0 aliphatic carbocycles. The van der Waals surface area contributed by atoms with Gasteiger partial charge in [-0.2, -0.15) is 0 Å². The molecule has 1 aliphatic rings. The van der Waals surface area contributed by atoms with Gasteiger partial charge in [0.25, 0.3) is 5.91 Å². The number of ether oxygens (including phenoxy) is 1. The van der Waals surface area contributed by atoms with Crippen LogP contribution in [-0.2, 0) is 4.79 Å². The van der Waals surface area contributed by atoms with Crippen molar-refractivity contribution in [1.82, 2.24) is 0 Å². The molecule has 3 aromatic rings. The van der Waals surface area contributed by atoms with E-state index in [0.717, 1.165) is 16.8 Å². The number of hydrogen-bond acceptors (Lipinski definition) is 4. The number of para-hydroxylation sites is 2. The summed E-state index contributed by atoms with van der Waals surface area (Å²) in [6, 6.07) is 22.9. The van der Waals surface area contributed by atoms with Crippen molar-refractivity contribution in [3.63, 3.8) is 0 Å². The Bertz CT molecular complexity index is 1130. The first-order valence-electron chi connectivity index (χ1n) is 10.6. The first kappa shape index (κ1) is 22.0. The van der Waals surface area contributed by atoms with Crippen LogP contribution in [0.3, 0.4) is 0 Å². The Labute approximate surface area is 192 Å².